The summed E-state index contributed by atoms with van der Waals surface area (Å²) in [4.78, 5) is 10.5. The number of carboxylic acid groups (broad SMARTS) is 1. The minimum atomic E-state index is -0.861. The Morgan fingerprint density at radius 1 is 1.50 bits per heavy atom. The van der Waals surface area contributed by atoms with Crippen molar-refractivity contribution in [3.8, 4) is 6.07 Å². The van der Waals surface area contributed by atoms with E-state index in [0.717, 1.165) is 5.56 Å². The Morgan fingerprint density at radius 2 is 2.12 bits per heavy atom. The second kappa shape index (κ2) is 5.89. The van der Waals surface area contributed by atoms with E-state index < -0.39 is 11.9 Å². The zero-order valence-corrected chi connectivity index (χ0v) is 9.01. The van der Waals surface area contributed by atoms with E-state index in [0.29, 0.717) is 12.2 Å². The van der Waals surface area contributed by atoms with Gasteiger partial charge in [0.2, 0.25) is 0 Å². The smallest absolute Gasteiger partial charge is 0.308 e. The van der Waals surface area contributed by atoms with Crippen LogP contribution >= 0.6 is 0 Å². The Labute approximate surface area is 94.1 Å². The lowest BCUT2D eigenvalue weighted by molar-refractivity contribution is -0.143. The van der Waals surface area contributed by atoms with Gasteiger partial charge >= 0.3 is 5.97 Å². The van der Waals surface area contributed by atoms with Crippen LogP contribution in [0.25, 0.3) is 0 Å². The van der Waals surface area contributed by atoms with Crippen LogP contribution in [0.2, 0.25) is 0 Å². The van der Waals surface area contributed by atoms with Gasteiger partial charge in [-0.1, -0.05) is 12.1 Å². The van der Waals surface area contributed by atoms with Crippen LogP contribution < -0.4 is 0 Å². The first-order chi connectivity index (χ1) is 7.63. The number of ether oxygens (including phenoxy) is 1. The van der Waals surface area contributed by atoms with E-state index in [1.54, 1.807) is 31.2 Å². The maximum Gasteiger partial charge on any atom is 0.308 e. The summed E-state index contributed by atoms with van der Waals surface area (Å²) >= 11 is 0. The van der Waals surface area contributed by atoms with Gasteiger partial charge in [-0.15, -0.1) is 0 Å². The summed E-state index contributed by atoms with van der Waals surface area (Å²) in [7, 11) is 0. The Kier molecular flexibility index (Phi) is 4.49. The molecule has 1 N–H and O–H groups in total. The van der Waals surface area contributed by atoms with Crippen molar-refractivity contribution in [3.63, 3.8) is 0 Å². The molecule has 84 valence electrons. The molecule has 0 bridgehead atoms. The number of nitrogens with zero attached hydrogens (tertiary/aromatic N) is 1. The third kappa shape index (κ3) is 3.71. The highest BCUT2D eigenvalue weighted by atomic mass is 16.5. The predicted octanol–water partition coefficient (Wildman–Crippen LogP) is 1.80. The monoisotopic (exact) mass is 219 g/mol. The van der Waals surface area contributed by atoms with E-state index in [1.165, 1.54) is 0 Å². The van der Waals surface area contributed by atoms with Gasteiger partial charge in [0.15, 0.2) is 0 Å². The van der Waals surface area contributed by atoms with Crippen LogP contribution in [0.1, 0.15) is 18.1 Å². The van der Waals surface area contributed by atoms with Crippen molar-refractivity contribution < 1.29 is 14.6 Å². The van der Waals surface area contributed by atoms with Crippen molar-refractivity contribution in [3.05, 3.63) is 35.4 Å². The quantitative estimate of drug-likeness (QED) is 0.819. The number of aliphatic carboxylic acids is 1. The summed E-state index contributed by atoms with van der Waals surface area (Å²) in [6.07, 6.45) is 0. The molecule has 4 nitrogen and oxygen atoms in total. The van der Waals surface area contributed by atoms with Gasteiger partial charge in [-0.05, 0) is 24.6 Å². The number of hydrogen-bond donors (Lipinski definition) is 1. The molecule has 0 aliphatic carbocycles. The van der Waals surface area contributed by atoms with Gasteiger partial charge < -0.3 is 9.84 Å². The molecular formula is C12H13NO3. The van der Waals surface area contributed by atoms with Gasteiger partial charge in [0.25, 0.3) is 0 Å². The molecule has 4 heteroatoms. The maximum absolute atomic E-state index is 10.5. The maximum atomic E-state index is 10.5. The van der Waals surface area contributed by atoms with Gasteiger partial charge in [-0.25, -0.2) is 0 Å². The van der Waals surface area contributed by atoms with Gasteiger partial charge in [-0.3, -0.25) is 4.79 Å². The third-order valence-electron chi connectivity index (χ3n) is 2.14. The van der Waals surface area contributed by atoms with E-state index in [1.807, 2.05) is 6.07 Å². The molecule has 1 atom stereocenters. The zero-order valence-electron chi connectivity index (χ0n) is 9.01. The molecule has 0 aromatic heterocycles. The largest absolute Gasteiger partial charge is 0.481 e. The third-order valence-corrected chi connectivity index (χ3v) is 2.14. The molecule has 16 heavy (non-hydrogen) atoms. The first-order valence-electron chi connectivity index (χ1n) is 4.93. The first-order valence-corrected chi connectivity index (χ1v) is 4.93. The summed E-state index contributed by atoms with van der Waals surface area (Å²) in [5, 5.41) is 17.2. The summed E-state index contributed by atoms with van der Waals surface area (Å²) in [6, 6.07) is 9.03. The van der Waals surface area contributed by atoms with Gasteiger partial charge in [0, 0.05) is 0 Å². The van der Waals surface area contributed by atoms with E-state index in [2.05, 4.69) is 0 Å². The SMILES string of the molecule is C[C@@H](COCc1ccc(C#N)cc1)C(=O)O. The number of nitriles is 1. The summed E-state index contributed by atoms with van der Waals surface area (Å²) in [5.41, 5.74) is 1.53. The number of benzene rings is 1. The summed E-state index contributed by atoms with van der Waals surface area (Å²) < 4.78 is 5.25. The molecular weight excluding hydrogens is 206 g/mol. The molecule has 0 unspecified atom stereocenters. The highest BCUT2D eigenvalue weighted by molar-refractivity contribution is 5.69. The van der Waals surface area contributed by atoms with Crippen LogP contribution in [0.15, 0.2) is 24.3 Å². The van der Waals surface area contributed by atoms with Crippen LogP contribution in [0.5, 0.6) is 0 Å². The van der Waals surface area contributed by atoms with Crippen molar-refractivity contribution in [2.45, 2.75) is 13.5 Å². The fourth-order valence-corrected chi connectivity index (χ4v) is 1.10. The fraction of sp³-hybridized carbons (Fsp3) is 0.333. The minimum absolute atomic E-state index is 0.190. The standard InChI is InChI=1S/C12H13NO3/c1-9(12(14)15)7-16-8-11-4-2-10(6-13)3-5-11/h2-5,9H,7-8H2,1H3,(H,14,15)/t9-/m0/s1. The zero-order chi connectivity index (χ0) is 12.0. The van der Waals surface area contributed by atoms with E-state index in [4.69, 9.17) is 15.1 Å². The van der Waals surface area contributed by atoms with E-state index >= 15 is 0 Å². The van der Waals surface area contributed by atoms with Crippen LogP contribution in [0.3, 0.4) is 0 Å². The first kappa shape index (κ1) is 12.2. The number of carboxylic acids is 1. The molecule has 0 saturated carbocycles. The van der Waals surface area contributed by atoms with Crippen molar-refractivity contribution in [1.82, 2.24) is 0 Å². The highest BCUT2D eigenvalue weighted by Gasteiger charge is 2.10. The van der Waals surface area contributed by atoms with Crippen LogP contribution in [-0.2, 0) is 16.1 Å². The van der Waals surface area contributed by atoms with Crippen molar-refractivity contribution in [2.75, 3.05) is 6.61 Å². The molecule has 0 aliphatic heterocycles. The molecule has 0 radical (unpaired) electrons. The molecule has 0 aliphatic rings. The van der Waals surface area contributed by atoms with E-state index in [-0.39, 0.29) is 6.61 Å². The fourth-order valence-electron chi connectivity index (χ4n) is 1.10. The summed E-state index contributed by atoms with van der Waals surface area (Å²) in [5.74, 6) is -1.36. The molecule has 1 aromatic carbocycles. The molecule has 0 fully saturated rings. The Morgan fingerprint density at radius 3 is 2.62 bits per heavy atom. The normalized spacial score (nSPS) is 11.8. The minimum Gasteiger partial charge on any atom is -0.481 e. The second-order valence-electron chi connectivity index (χ2n) is 3.56. The number of hydrogen-bond acceptors (Lipinski definition) is 3. The average molecular weight is 219 g/mol. The van der Waals surface area contributed by atoms with Gasteiger partial charge in [0.1, 0.15) is 0 Å². The molecule has 0 saturated heterocycles. The lowest BCUT2D eigenvalue weighted by atomic mass is 10.1. The number of rotatable bonds is 5. The number of carbonyl (C=O) groups is 1. The van der Waals surface area contributed by atoms with Crippen LogP contribution in [0.4, 0.5) is 0 Å². The van der Waals surface area contributed by atoms with Gasteiger partial charge in [0.05, 0.1) is 30.8 Å². The van der Waals surface area contributed by atoms with Gasteiger partial charge in [-0.2, -0.15) is 5.26 Å². The lowest BCUT2D eigenvalue weighted by Crippen LogP contribution is -2.15. The molecule has 0 amide bonds. The predicted molar refractivity (Wildman–Crippen MR) is 57.6 cm³/mol. The van der Waals surface area contributed by atoms with Crippen molar-refractivity contribution >= 4 is 5.97 Å². The molecule has 1 aromatic rings. The van der Waals surface area contributed by atoms with Crippen LogP contribution in [0, 0.1) is 17.2 Å². The highest BCUT2D eigenvalue weighted by Crippen LogP contribution is 2.06. The van der Waals surface area contributed by atoms with E-state index in [9.17, 15) is 4.79 Å². The second-order valence-corrected chi connectivity index (χ2v) is 3.56. The average Bonchev–Trinajstić information content (AvgIpc) is 2.29. The molecule has 1 rings (SSSR count). The summed E-state index contributed by atoms with van der Waals surface area (Å²) in [6.45, 7) is 2.15. The Hall–Kier alpha value is -1.86. The van der Waals surface area contributed by atoms with Crippen LogP contribution in [-0.4, -0.2) is 17.7 Å². The Bertz CT molecular complexity index is 392. The Balaban J connectivity index is 2.38. The van der Waals surface area contributed by atoms with Crippen molar-refractivity contribution in [2.24, 2.45) is 5.92 Å². The molecule has 0 heterocycles. The molecule has 0 spiro atoms. The lowest BCUT2D eigenvalue weighted by Gasteiger charge is -2.07. The topological polar surface area (TPSA) is 70.3 Å². The van der Waals surface area contributed by atoms with Crippen molar-refractivity contribution in [1.29, 1.82) is 5.26 Å².